The monoisotopic (exact) mass is 268 g/mol. The highest BCUT2D eigenvalue weighted by Crippen LogP contribution is 2.40. The van der Waals surface area contributed by atoms with Crippen molar-refractivity contribution in [2.24, 2.45) is 0 Å². The number of nitrogens with zero attached hydrogens (tertiary/aromatic N) is 2. The Morgan fingerprint density at radius 3 is 2.35 bits per heavy atom. The van der Waals surface area contributed by atoms with Crippen molar-refractivity contribution in [2.45, 2.75) is 13.3 Å². The van der Waals surface area contributed by atoms with E-state index < -0.39 is 0 Å². The molecular weight excluding hydrogens is 252 g/mol. The fourth-order valence-corrected chi connectivity index (χ4v) is 2.79. The van der Waals surface area contributed by atoms with Gasteiger partial charge in [-0.2, -0.15) is 0 Å². The Bertz CT molecular complexity index is 718. The third-order valence-electron chi connectivity index (χ3n) is 3.91. The summed E-state index contributed by atoms with van der Waals surface area (Å²) in [4.78, 5) is 27.5. The number of Topliss-reactive ketones (excluding diaryl/α,β-unsaturated/α-hetero) is 1. The first kappa shape index (κ1) is 12.7. The molecular formula is C16H16N2O2. The summed E-state index contributed by atoms with van der Waals surface area (Å²) in [5.74, 6) is 0.121. The molecule has 0 unspecified atom stereocenters. The molecule has 0 spiro atoms. The Balaban J connectivity index is 2.41. The van der Waals surface area contributed by atoms with Gasteiger partial charge < -0.3 is 0 Å². The summed E-state index contributed by atoms with van der Waals surface area (Å²) in [5, 5.41) is 1.88. The quantitative estimate of drug-likeness (QED) is 0.783. The Morgan fingerprint density at radius 1 is 1.05 bits per heavy atom. The molecule has 0 fully saturated rings. The lowest BCUT2D eigenvalue weighted by molar-refractivity contribution is 0.0990. The number of carbonyl (C=O) groups is 2. The van der Waals surface area contributed by atoms with Crippen molar-refractivity contribution >= 4 is 34.0 Å². The molecule has 102 valence electrons. The maximum absolute atomic E-state index is 12.2. The lowest BCUT2D eigenvalue weighted by Gasteiger charge is -2.33. The Morgan fingerprint density at radius 2 is 1.70 bits per heavy atom. The molecule has 0 bridgehead atoms. The van der Waals surface area contributed by atoms with Crippen LogP contribution in [0.15, 0.2) is 30.3 Å². The minimum atomic E-state index is -0.0698. The first-order valence-corrected chi connectivity index (χ1v) is 6.66. The van der Waals surface area contributed by atoms with Crippen molar-refractivity contribution in [3.8, 4) is 0 Å². The zero-order chi connectivity index (χ0) is 14.4. The van der Waals surface area contributed by atoms with Gasteiger partial charge in [0.25, 0.3) is 0 Å². The molecule has 0 saturated heterocycles. The smallest absolute Gasteiger partial charge is 0.296 e. The third kappa shape index (κ3) is 1.54. The second-order valence-electron chi connectivity index (χ2n) is 5.01. The van der Waals surface area contributed by atoms with E-state index in [0.717, 1.165) is 27.7 Å². The molecule has 4 heteroatoms. The van der Waals surface area contributed by atoms with Crippen LogP contribution in [-0.4, -0.2) is 25.9 Å². The van der Waals surface area contributed by atoms with E-state index in [1.807, 2.05) is 37.3 Å². The molecule has 2 aromatic rings. The van der Waals surface area contributed by atoms with Crippen LogP contribution in [-0.2, 0) is 0 Å². The number of ketones is 1. The van der Waals surface area contributed by atoms with Crippen molar-refractivity contribution in [3.05, 3.63) is 35.9 Å². The van der Waals surface area contributed by atoms with E-state index in [1.54, 1.807) is 23.9 Å². The SMILES string of the molecule is CCC(=O)c1ccc2c3c(cccc13)N(C)C(=O)N2C. The number of amides is 2. The van der Waals surface area contributed by atoms with Gasteiger partial charge in [-0.15, -0.1) is 0 Å². The molecule has 1 aliphatic heterocycles. The summed E-state index contributed by atoms with van der Waals surface area (Å²) in [6.45, 7) is 1.86. The van der Waals surface area contributed by atoms with Gasteiger partial charge in [0, 0.05) is 31.5 Å². The topological polar surface area (TPSA) is 40.6 Å². The van der Waals surface area contributed by atoms with Crippen molar-refractivity contribution in [1.82, 2.24) is 0 Å². The van der Waals surface area contributed by atoms with Gasteiger partial charge >= 0.3 is 6.03 Å². The van der Waals surface area contributed by atoms with Gasteiger partial charge in [0.1, 0.15) is 0 Å². The maximum Gasteiger partial charge on any atom is 0.328 e. The minimum Gasteiger partial charge on any atom is -0.296 e. The highest BCUT2D eigenvalue weighted by molar-refractivity contribution is 6.22. The first-order chi connectivity index (χ1) is 9.56. The van der Waals surface area contributed by atoms with Gasteiger partial charge in [-0.05, 0) is 23.6 Å². The zero-order valence-electron chi connectivity index (χ0n) is 11.8. The molecule has 2 aromatic carbocycles. The second-order valence-corrected chi connectivity index (χ2v) is 5.01. The van der Waals surface area contributed by atoms with Crippen molar-refractivity contribution < 1.29 is 9.59 Å². The maximum atomic E-state index is 12.2. The summed E-state index contributed by atoms with van der Waals surface area (Å²) in [6.07, 6.45) is 0.475. The molecule has 0 aliphatic carbocycles. The van der Waals surface area contributed by atoms with Gasteiger partial charge in [0.15, 0.2) is 5.78 Å². The number of rotatable bonds is 2. The third-order valence-corrected chi connectivity index (χ3v) is 3.91. The molecule has 4 nitrogen and oxygen atoms in total. The van der Waals surface area contributed by atoms with E-state index in [1.165, 1.54) is 0 Å². The van der Waals surface area contributed by atoms with Gasteiger partial charge in [-0.1, -0.05) is 19.1 Å². The molecule has 1 heterocycles. The van der Waals surface area contributed by atoms with Crippen molar-refractivity contribution in [3.63, 3.8) is 0 Å². The second kappa shape index (κ2) is 4.34. The van der Waals surface area contributed by atoms with Crippen molar-refractivity contribution in [2.75, 3.05) is 23.9 Å². The lowest BCUT2D eigenvalue weighted by Crippen LogP contribution is -2.41. The molecule has 0 aromatic heterocycles. The average molecular weight is 268 g/mol. The molecule has 0 N–H and O–H groups in total. The predicted octanol–water partition coefficient (Wildman–Crippen LogP) is 3.44. The predicted molar refractivity (Wildman–Crippen MR) is 80.8 cm³/mol. The summed E-state index contributed by atoms with van der Waals surface area (Å²) in [7, 11) is 3.51. The number of anilines is 2. The van der Waals surface area contributed by atoms with E-state index in [4.69, 9.17) is 0 Å². The number of carbonyl (C=O) groups excluding carboxylic acids is 2. The van der Waals surface area contributed by atoms with E-state index in [-0.39, 0.29) is 11.8 Å². The minimum absolute atomic E-state index is 0.0698. The van der Waals surface area contributed by atoms with E-state index >= 15 is 0 Å². The number of hydrogen-bond donors (Lipinski definition) is 0. The normalized spacial score (nSPS) is 14.1. The summed E-state index contributed by atoms with van der Waals surface area (Å²) in [5.41, 5.74) is 2.43. The molecule has 0 atom stereocenters. The van der Waals surface area contributed by atoms with E-state index in [9.17, 15) is 9.59 Å². The Labute approximate surface area is 117 Å². The molecule has 0 saturated carbocycles. The van der Waals surface area contributed by atoms with Crippen LogP contribution in [0.25, 0.3) is 10.8 Å². The van der Waals surface area contributed by atoms with Crippen LogP contribution in [0.2, 0.25) is 0 Å². The Kier molecular flexibility index (Phi) is 2.74. The Hall–Kier alpha value is -2.36. The number of urea groups is 1. The highest BCUT2D eigenvalue weighted by atomic mass is 16.2. The lowest BCUT2D eigenvalue weighted by atomic mass is 9.96. The molecule has 20 heavy (non-hydrogen) atoms. The molecule has 1 aliphatic rings. The number of benzene rings is 2. The van der Waals surface area contributed by atoms with Crippen LogP contribution < -0.4 is 9.80 Å². The van der Waals surface area contributed by atoms with Gasteiger partial charge in [-0.25, -0.2) is 4.79 Å². The average Bonchev–Trinajstić information content (AvgIpc) is 2.49. The van der Waals surface area contributed by atoms with Crippen LogP contribution in [0, 0.1) is 0 Å². The highest BCUT2D eigenvalue weighted by Gasteiger charge is 2.28. The van der Waals surface area contributed by atoms with Crippen LogP contribution in [0.5, 0.6) is 0 Å². The van der Waals surface area contributed by atoms with Crippen molar-refractivity contribution in [1.29, 1.82) is 0 Å². The zero-order valence-corrected chi connectivity index (χ0v) is 11.8. The molecule has 2 amide bonds. The van der Waals surface area contributed by atoms with Crippen LogP contribution in [0.4, 0.5) is 16.2 Å². The van der Waals surface area contributed by atoms with Crippen LogP contribution >= 0.6 is 0 Å². The van der Waals surface area contributed by atoms with Gasteiger partial charge in [0.2, 0.25) is 0 Å². The van der Waals surface area contributed by atoms with Crippen LogP contribution in [0.3, 0.4) is 0 Å². The largest absolute Gasteiger partial charge is 0.328 e. The summed E-state index contributed by atoms with van der Waals surface area (Å²) >= 11 is 0. The molecule has 3 rings (SSSR count). The fraction of sp³-hybridized carbons (Fsp3) is 0.250. The molecule has 0 radical (unpaired) electrons. The van der Waals surface area contributed by atoms with E-state index in [0.29, 0.717) is 6.42 Å². The number of hydrogen-bond acceptors (Lipinski definition) is 2. The van der Waals surface area contributed by atoms with Gasteiger partial charge in [0.05, 0.1) is 11.4 Å². The first-order valence-electron chi connectivity index (χ1n) is 6.66. The summed E-state index contributed by atoms with van der Waals surface area (Å²) in [6, 6.07) is 9.37. The van der Waals surface area contributed by atoms with E-state index in [2.05, 4.69) is 0 Å². The summed E-state index contributed by atoms with van der Waals surface area (Å²) < 4.78 is 0. The fourth-order valence-electron chi connectivity index (χ4n) is 2.79. The standard InChI is InChI=1S/C16H16N2O2/c1-4-14(19)10-8-9-13-15-11(10)6-5-7-12(15)17(2)16(20)18(13)3/h5-9H,4H2,1-3H3. The van der Waals surface area contributed by atoms with Crippen LogP contribution in [0.1, 0.15) is 23.7 Å². The van der Waals surface area contributed by atoms with Gasteiger partial charge in [-0.3, -0.25) is 14.6 Å².